The average Bonchev–Trinajstić information content (AvgIpc) is 2.41. The number of carbonyl (C=O) groups excluding carboxylic acids is 1. The lowest BCUT2D eigenvalue weighted by atomic mass is 10.0. The Balaban J connectivity index is 0. The Morgan fingerprint density at radius 2 is 1.61 bits per heavy atom. The van der Waals surface area contributed by atoms with Crippen molar-refractivity contribution in [3.63, 3.8) is 0 Å². The fourth-order valence-corrected chi connectivity index (χ4v) is 1.03. The fraction of sp³-hybridized carbons (Fsp3) is 0.214. The van der Waals surface area contributed by atoms with Crippen LogP contribution >= 0.6 is 0 Å². The van der Waals surface area contributed by atoms with Crippen molar-refractivity contribution in [2.75, 3.05) is 0 Å². The van der Waals surface area contributed by atoms with Gasteiger partial charge < -0.3 is 0 Å². The minimum atomic E-state index is -4.83. The van der Waals surface area contributed by atoms with E-state index in [1.807, 2.05) is 13.8 Å². The van der Waals surface area contributed by atoms with E-state index < -0.39 is 12.0 Å². The zero-order valence-corrected chi connectivity index (χ0v) is 10.6. The first-order valence-electron chi connectivity index (χ1n) is 5.30. The lowest BCUT2D eigenvalue weighted by molar-refractivity contribution is -0.0885. The third-order valence-electron chi connectivity index (χ3n) is 1.68. The molecule has 1 aromatic carbocycles. The van der Waals surface area contributed by atoms with Gasteiger partial charge in [-0.3, -0.25) is 4.79 Å². The molecular weight excluding hydrogens is 241 g/mol. The molecule has 0 unspecified atom stereocenters. The normalized spacial score (nSPS) is 9.17. The first-order chi connectivity index (χ1) is 8.46. The minimum absolute atomic E-state index is 0.190. The molecule has 1 rings (SSSR count). The molecule has 0 bridgehead atoms. The van der Waals surface area contributed by atoms with Crippen molar-refractivity contribution in [3.05, 3.63) is 55.1 Å². The van der Waals surface area contributed by atoms with E-state index in [-0.39, 0.29) is 11.1 Å². The standard InChI is InChI=1S/C10H7F3O.C2H6.C2H4/c1-2-7-5-3-4-6-8(7)9(14)10(11,12)13;2*1-2/h2-6H,1H2;1-2H3;1-2H2. The number of alkyl halides is 3. The third-order valence-corrected chi connectivity index (χ3v) is 1.68. The molecule has 0 fully saturated rings. The highest BCUT2D eigenvalue weighted by Crippen LogP contribution is 2.23. The maximum absolute atomic E-state index is 12.1. The number of benzene rings is 1. The molecule has 4 heteroatoms. The number of carbonyl (C=O) groups is 1. The topological polar surface area (TPSA) is 17.1 Å². The average molecular weight is 258 g/mol. The number of Topliss-reactive ketones (excluding diaryl/α,β-unsaturated/α-hetero) is 1. The van der Waals surface area contributed by atoms with Crippen LogP contribution in [-0.4, -0.2) is 12.0 Å². The maximum Gasteiger partial charge on any atom is 0.454 e. The van der Waals surface area contributed by atoms with Gasteiger partial charge in [0.2, 0.25) is 0 Å². The zero-order chi connectivity index (χ0) is 14.8. The van der Waals surface area contributed by atoms with E-state index in [9.17, 15) is 18.0 Å². The van der Waals surface area contributed by atoms with Gasteiger partial charge in [0, 0.05) is 5.56 Å². The van der Waals surface area contributed by atoms with Crippen LogP contribution in [0, 0.1) is 0 Å². The Labute approximate surface area is 106 Å². The molecule has 1 nitrogen and oxygen atoms in total. The summed E-state index contributed by atoms with van der Waals surface area (Å²) in [6.45, 7) is 13.3. The first-order valence-corrected chi connectivity index (χ1v) is 5.30. The summed E-state index contributed by atoms with van der Waals surface area (Å²) < 4.78 is 36.2. The van der Waals surface area contributed by atoms with Crippen LogP contribution in [0.15, 0.2) is 44.0 Å². The molecule has 0 aromatic heterocycles. The molecule has 0 saturated heterocycles. The highest BCUT2D eigenvalue weighted by Gasteiger charge is 2.39. The molecule has 0 N–H and O–H groups in total. The quantitative estimate of drug-likeness (QED) is 0.544. The van der Waals surface area contributed by atoms with Crippen LogP contribution in [0.4, 0.5) is 13.2 Å². The van der Waals surface area contributed by atoms with Crippen molar-refractivity contribution in [1.29, 1.82) is 0 Å². The van der Waals surface area contributed by atoms with Crippen molar-refractivity contribution in [3.8, 4) is 0 Å². The highest BCUT2D eigenvalue weighted by molar-refractivity contribution is 6.03. The van der Waals surface area contributed by atoms with Crippen LogP contribution in [0.3, 0.4) is 0 Å². The summed E-state index contributed by atoms with van der Waals surface area (Å²) in [4.78, 5) is 10.9. The van der Waals surface area contributed by atoms with Gasteiger partial charge in [0.1, 0.15) is 0 Å². The summed E-state index contributed by atoms with van der Waals surface area (Å²) in [5, 5.41) is 0. The Morgan fingerprint density at radius 3 is 2.00 bits per heavy atom. The predicted octanol–water partition coefficient (Wildman–Crippen LogP) is 4.90. The Bertz CT molecular complexity index is 381. The van der Waals surface area contributed by atoms with E-state index in [2.05, 4.69) is 19.7 Å². The van der Waals surface area contributed by atoms with Gasteiger partial charge in [0.15, 0.2) is 0 Å². The number of rotatable bonds is 2. The van der Waals surface area contributed by atoms with Gasteiger partial charge in [-0.25, -0.2) is 0 Å². The van der Waals surface area contributed by atoms with E-state index in [1.165, 1.54) is 18.2 Å². The van der Waals surface area contributed by atoms with Crippen LogP contribution in [-0.2, 0) is 0 Å². The molecule has 0 spiro atoms. The monoisotopic (exact) mass is 258 g/mol. The molecule has 0 atom stereocenters. The molecule has 0 radical (unpaired) electrons. The summed E-state index contributed by atoms with van der Waals surface area (Å²) >= 11 is 0. The van der Waals surface area contributed by atoms with Gasteiger partial charge in [0.05, 0.1) is 0 Å². The molecule has 0 saturated carbocycles. The molecule has 0 aliphatic heterocycles. The Hall–Kier alpha value is -1.84. The molecule has 18 heavy (non-hydrogen) atoms. The van der Waals surface area contributed by atoms with E-state index in [1.54, 1.807) is 6.07 Å². The van der Waals surface area contributed by atoms with Crippen LogP contribution in [0.25, 0.3) is 6.08 Å². The SMILES string of the molecule is C=C.C=Cc1ccccc1C(=O)C(F)(F)F.CC. The summed E-state index contributed by atoms with van der Waals surface area (Å²) in [5.41, 5.74) is -0.176. The van der Waals surface area contributed by atoms with Crippen molar-refractivity contribution >= 4 is 11.9 Å². The maximum atomic E-state index is 12.1. The highest BCUT2D eigenvalue weighted by atomic mass is 19.4. The summed E-state index contributed by atoms with van der Waals surface area (Å²) in [6.07, 6.45) is -3.61. The van der Waals surface area contributed by atoms with E-state index in [0.29, 0.717) is 0 Å². The second-order valence-electron chi connectivity index (χ2n) is 2.62. The molecule has 0 heterocycles. The van der Waals surface area contributed by atoms with Crippen LogP contribution in [0.5, 0.6) is 0 Å². The van der Waals surface area contributed by atoms with Crippen LogP contribution < -0.4 is 0 Å². The Morgan fingerprint density at radius 1 is 1.17 bits per heavy atom. The van der Waals surface area contributed by atoms with E-state index in [4.69, 9.17) is 0 Å². The second-order valence-corrected chi connectivity index (χ2v) is 2.62. The molecule has 100 valence electrons. The first kappa shape index (κ1) is 18.5. The van der Waals surface area contributed by atoms with Gasteiger partial charge >= 0.3 is 6.18 Å². The van der Waals surface area contributed by atoms with Crippen molar-refractivity contribution < 1.29 is 18.0 Å². The van der Waals surface area contributed by atoms with Crippen molar-refractivity contribution in [2.45, 2.75) is 20.0 Å². The number of ketones is 1. The van der Waals surface area contributed by atoms with E-state index >= 15 is 0 Å². The van der Waals surface area contributed by atoms with Gasteiger partial charge in [-0.05, 0) is 5.56 Å². The summed E-state index contributed by atoms with van der Waals surface area (Å²) in [5.74, 6) is -1.84. The molecule has 1 aromatic rings. The molecular formula is C14H17F3O. The minimum Gasteiger partial charge on any atom is -0.284 e. The molecule has 0 amide bonds. The van der Waals surface area contributed by atoms with Gasteiger partial charge in [0.25, 0.3) is 5.78 Å². The van der Waals surface area contributed by atoms with Crippen LogP contribution in [0.1, 0.15) is 29.8 Å². The number of halogens is 3. The smallest absolute Gasteiger partial charge is 0.284 e. The molecule has 0 aliphatic carbocycles. The molecule has 0 aliphatic rings. The van der Waals surface area contributed by atoms with Crippen molar-refractivity contribution in [1.82, 2.24) is 0 Å². The number of hydrogen-bond acceptors (Lipinski definition) is 1. The predicted molar refractivity (Wildman–Crippen MR) is 69.5 cm³/mol. The summed E-state index contributed by atoms with van der Waals surface area (Å²) in [6, 6.07) is 5.47. The van der Waals surface area contributed by atoms with Gasteiger partial charge in [-0.1, -0.05) is 50.8 Å². The fourth-order valence-electron chi connectivity index (χ4n) is 1.03. The lowest BCUT2D eigenvalue weighted by Gasteiger charge is -2.07. The van der Waals surface area contributed by atoms with Crippen LogP contribution in [0.2, 0.25) is 0 Å². The second kappa shape index (κ2) is 9.22. The number of hydrogen-bond donors (Lipinski definition) is 0. The third kappa shape index (κ3) is 5.48. The van der Waals surface area contributed by atoms with Crippen molar-refractivity contribution in [2.24, 2.45) is 0 Å². The lowest BCUT2D eigenvalue weighted by Crippen LogP contribution is -2.23. The largest absolute Gasteiger partial charge is 0.454 e. The van der Waals surface area contributed by atoms with Gasteiger partial charge in [-0.15, -0.1) is 13.2 Å². The zero-order valence-electron chi connectivity index (χ0n) is 10.6. The van der Waals surface area contributed by atoms with Gasteiger partial charge in [-0.2, -0.15) is 13.2 Å². The van der Waals surface area contributed by atoms with E-state index in [0.717, 1.165) is 6.07 Å². The summed E-state index contributed by atoms with van der Waals surface area (Å²) in [7, 11) is 0. The Kier molecular flexibility index (Phi) is 9.48.